The minimum Gasteiger partial charge on any atom is -0.323 e. The molecule has 0 aromatic carbocycles. The van der Waals surface area contributed by atoms with Crippen molar-refractivity contribution < 1.29 is 10.1 Å². The number of nitrogens with one attached hydrogen (secondary N) is 1. The summed E-state index contributed by atoms with van der Waals surface area (Å²) >= 11 is 0. The molecule has 0 radical (unpaired) electrons. The molecule has 0 amide bonds. The van der Waals surface area contributed by atoms with E-state index in [2.05, 4.69) is 4.89 Å². The van der Waals surface area contributed by atoms with Gasteiger partial charge in [-0.1, -0.05) is 6.92 Å². The zero-order valence-corrected chi connectivity index (χ0v) is 4.72. The minimum atomic E-state index is -0.472. The van der Waals surface area contributed by atoms with Crippen molar-refractivity contribution in [3.63, 3.8) is 0 Å². The van der Waals surface area contributed by atoms with E-state index in [9.17, 15) is 0 Å². The molecular formula is C4H10N2O2. The molecule has 4 nitrogen and oxygen atoms in total. The minimum absolute atomic E-state index is 0.285. The second-order valence-electron chi connectivity index (χ2n) is 1.47. The Labute approximate surface area is 47.7 Å². The van der Waals surface area contributed by atoms with Crippen molar-refractivity contribution in [3.05, 3.63) is 0 Å². The Balaban J connectivity index is 3.46. The number of hydrogen-bond acceptors (Lipinski definition) is 4. The topological polar surface area (TPSA) is 79.3 Å². The van der Waals surface area contributed by atoms with Crippen LogP contribution in [0.25, 0.3) is 0 Å². The summed E-state index contributed by atoms with van der Waals surface area (Å²) < 4.78 is 0. The Morgan fingerprint density at radius 1 is 2.00 bits per heavy atom. The lowest BCUT2D eigenvalue weighted by Gasteiger charge is -2.04. The molecule has 8 heavy (non-hydrogen) atoms. The molecule has 0 bridgehead atoms. The summed E-state index contributed by atoms with van der Waals surface area (Å²) in [4.78, 5) is 3.56. The Kier molecular flexibility index (Phi) is 3.14. The lowest BCUT2D eigenvalue weighted by Crippen LogP contribution is -2.29. The highest BCUT2D eigenvalue weighted by atomic mass is 17.1. The molecular weight excluding hydrogens is 108 g/mol. The SMILES string of the molecule is CCC(N)C(=N)OO. The van der Waals surface area contributed by atoms with Gasteiger partial charge in [-0.2, -0.15) is 0 Å². The van der Waals surface area contributed by atoms with Crippen LogP contribution in [0.4, 0.5) is 0 Å². The second kappa shape index (κ2) is 3.40. The zero-order valence-electron chi connectivity index (χ0n) is 4.72. The molecule has 0 fully saturated rings. The second-order valence-corrected chi connectivity index (χ2v) is 1.47. The van der Waals surface area contributed by atoms with Gasteiger partial charge in [0.15, 0.2) is 0 Å². The Morgan fingerprint density at radius 2 is 2.50 bits per heavy atom. The van der Waals surface area contributed by atoms with Gasteiger partial charge in [-0.05, 0) is 6.42 Å². The third kappa shape index (κ3) is 1.90. The largest absolute Gasteiger partial charge is 0.323 e. The Hall–Kier alpha value is -0.610. The van der Waals surface area contributed by atoms with E-state index >= 15 is 0 Å². The van der Waals surface area contributed by atoms with Crippen LogP contribution in [0.15, 0.2) is 0 Å². The summed E-state index contributed by atoms with van der Waals surface area (Å²) in [5, 5.41) is 14.6. The van der Waals surface area contributed by atoms with E-state index in [-0.39, 0.29) is 5.90 Å². The van der Waals surface area contributed by atoms with E-state index in [1.165, 1.54) is 0 Å². The first-order valence-corrected chi connectivity index (χ1v) is 2.37. The van der Waals surface area contributed by atoms with E-state index in [4.69, 9.17) is 16.4 Å². The molecule has 0 rings (SSSR count). The van der Waals surface area contributed by atoms with Crippen LogP contribution in [0.3, 0.4) is 0 Å². The monoisotopic (exact) mass is 118 g/mol. The summed E-state index contributed by atoms with van der Waals surface area (Å²) in [7, 11) is 0. The van der Waals surface area contributed by atoms with Crippen LogP contribution in [-0.4, -0.2) is 17.2 Å². The predicted molar refractivity (Wildman–Crippen MR) is 29.7 cm³/mol. The maximum atomic E-state index is 7.83. The summed E-state index contributed by atoms with van der Waals surface area (Å²) in [6.07, 6.45) is 0.597. The van der Waals surface area contributed by atoms with Crippen LogP contribution in [0.2, 0.25) is 0 Å². The molecule has 0 aromatic heterocycles. The highest BCUT2D eigenvalue weighted by molar-refractivity contribution is 5.77. The standard InChI is InChI=1S/C4H10N2O2/c1-2-3(5)4(6)8-7/h3,6-7H,2,5H2,1H3. The molecule has 48 valence electrons. The van der Waals surface area contributed by atoms with Gasteiger partial charge in [-0.3, -0.25) is 5.41 Å². The first kappa shape index (κ1) is 7.39. The van der Waals surface area contributed by atoms with E-state index < -0.39 is 6.04 Å². The van der Waals surface area contributed by atoms with E-state index in [1.807, 2.05) is 0 Å². The van der Waals surface area contributed by atoms with Crippen molar-refractivity contribution in [2.45, 2.75) is 19.4 Å². The van der Waals surface area contributed by atoms with Gasteiger partial charge >= 0.3 is 0 Å². The van der Waals surface area contributed by atoms with Crippen LogP contribution in [0.5, 0.6) is 0 Å². The van der Waals surface area contributed by atoms with Crippen LogP contribution in [-0.2, 0) is 4.89 Å². The fraction of sp³-hybridized carbons (Fsp3) is 0.750. The molecule has 0 saturated heterocycles. The van der Waals surface area contributed by atoms with Crippen molar-refractivity contribution in [1.82, 2.24) is 0 Å². The average molecular weight is 118 g/mol. The smallest absolute Gasteiger partial charge is 0.241 e. The molecule has 0 saturated carbocycles. The van der Waals surface area contributed by atoms with Gasteiger partial charge in [0, 0.05) is 0 Å². The summed E-state index contributed by atoms with van der Waals surface area (Å²) in [6.45, 7) is 1.80. The Morgan fingerprint density at radius 3 is 2.62 bits per heavy atom. The molecule has 1 unspecified atom stereocenters. The van der Waals surface area contributed by atoms with Gasteiger partial charge < -0.3 is 10.6 Å². The molecule has 0 aromatic rings. The van der Waals surface area contributed by atoms with Crippen molar-refractivity contribution in [2.75, 3.05) is 0 Å². The molecule has 4 heteroatoms. The summed E-state index contributed by atoms with van der Waals surface area (Å²) in [6, 6.07) is -0.472. The third-order valence-electron chi connectivity index (χ3n) is 0.875. The van der Waals surface area contributed by atoms with E-state index in [0.717, 1.165) is 0 Å². The predicted octanol–water partition coefficient (Wildman–Crippen LogP) is 0.191. The molecule has 1 atom stereocenters. The summed E-state index contributed by atoms with van der Waals surface area (Å²) in [5.41, 5.74) is 5.22. The number of hydrogen-bond donors (Lipinski definition) is 3. The zero-order chi connectivity index (χ0) is 6.57. The van der Waals surface area contributed by atoms with E-state index in [0.29, 0.717) is 6.42 Å². The van der Waals surface area contributed by atoms with Gasteiger partial charge in [0.25, 0.3) is 0 Å². The Bertz CT molecular complexity index is 84.1. The lowest BCUT2D eigenvalue weighted by molar-refractivity contribution is -0.159. The van der Waals surface area contributed by atoms with Gasteiger partial charge in [0.2, 0.25) is 5.90 Å². The first-order chi connectivity index (χ1) is 3.72. The van der Waals surface area contributed by atoms with Gasteiger partial charge in [-0.15, -0.1) is 0 Å². The van der Waals surface area contributed by atoms with Crippen LogP contribution in [0.1, 0.15) is 13.3 Å². The van der Waals surface area contributed by atoms with Crippen LogP contribution < -0.4 is 5.73 Å². The molecule has 0 heterocycles. The average Bonchev–Trinajstić information content (AvgIpc) is 1.84. The van der Waals surface area contributed by atoms with Gasteiger partial charge in [0.05, 0.1) is 6.04 Å². The summed E-state index contributed by atoms with van der Waals surface area (Å²) in [5.74, 6) is -0.285. The molecule has 4 N–H and O–H groups in total. The molecule has 0 aliphatic heterocycles. The fourth-order valence-corrected chi connectivity index (χ4v) is 0.253. The van der Waals surface area contributed by atoms with Gasteiger partial charge in [-0.25, -0.2) is 5.26 Å². The maximum Gasteiger partial charge on any atom is 0.241 e. The molecule has 0 aliphatic rings. The maximum absolute atomic E-state index is 7.83. The molecule has 0 aliphatic carbocycles. The normalized spacial score (nSPS) is 12.9. The third-order valence-corrected chi connectivity index (χ3v) is 0.875. The van der Waals surface area contributed by atoms with E-state index in [1.54, 1.807) is 6.92 Å². The van der Waals surface area contributed by atoms with Crippen molar-refractivity contribution >= 4 is 5.90 Å². The lowest BCUT2D eigenvalue weighted by atomic mass is 10.2. The fourth-order valence-electron chi connectivity index (χ4n) is 0.253. The quantitative estimate of drug-likeness (QED) is 0.209. The number of rotatable bonds is 2. The highest BCUT2D eigenvalue weighted by Gasteiger charge is 2.06. The van der Waals surface area contributed by atoms with Crippen LogP contribution in [0, 0.1) is 5.41 Å². The van der Waals surface area contributed by atoms with Gasteiger partial charge in [0.1, 0.15) is 0 Å². The van der Waals surface area contributed by atoms with Crippen molar-refractivity contribution in [3.8, 4) is 0 Å². The highest BCUT2D eigenvalue weighted by Crippen LogP contribution is 1.87. The van der Waals surface area contributed by atoms with Crippen molar-refractivity contribution in [1.29, 1.82) is 5.41 Å². The number of nitrogens with two attached hydrogens (primary N) is 1. The van der Waals surface area contributed by atoms with Crippen LogP contribution >= 0.6 is 0 Å². The first-order valence-electron chi connectivity index (χ1n) is 2.37. The van der Waals surface area contributed by atoms with Crippen molar-refractivity contribution in [2.24, 2.45) is 5.73 Å². The molecule has 0 spiro atoms.